The minimum Gasteiger partial charge on any atom is -0.493 e. The monoisotopic (exact) mass is 552 g/mol. The number of halogens is 1. The number of hydrogen-bond donors (Lipinski definition) is 1. The maximum absolute atomic E-state index is 12.8. The van der Waals surface area contributed by atoms with Crippen molar-refractivity contribution in [1.82, 2.24) is 0 Å². The average Bonchev–Trinajstić information content (AvgIpc) is 2.94. The van der Waals surface area contributed by atoms with E-state index in [2.05, 4.69) is 11.4 Å². The van der Waals surface area contributed by atoms with E-state index in [0.717, 1.165) is 22.3 Å². The van der Waals surface area contributed by atoms with Crippen molar-refractivity contribution in [3.8, 4) is 23.3 Å². The van der Waals surface area contributed by atoms with Crippen LogP contribution in [-0.2, 0) is 18.0 Å². The van der Waals surface area contributed by atoms with Crippen molar-refractivity contribution in [2.24, 2.45) is 0 Å². The Morgan fingerprint density at radius 1 is 0.900 bits per heavy atom. The molecular weight excluding hydrogens is 524 g/mol. The molecule has 1 N–H and O–H groups in total. The van der Waals surface area contributed by atoms with E-state index >= 15 is 0 Å². The van der Waals surface area contributed by atoms with Gasteiger partial charge in [0.05, 0.1) is 12.1 Å². The first-order chi connectivity index (χ1) is 19.3. The highest BCUT2D eigenvalue weighted by Crippen LogP contribution is 2.37. The highest BCUT2D eigenvalue weighted by Gasteiger charge is 2.15. The number of carbonyl (C=O) groups is 1. The van der Waals surface area contributed by atoms with Crippen LogP contribution in [0.1, 0.15) is 27.8 Å². The van der Waals surface area contributed by atoms with Gasteiger partial charge in [0.25, 0.3) is 5.91 Å². The number of hydrogen-bond acceptors (Lipinski definition) is 5. The van der Waals surface area contributed by atoms with Gasteiger partial charge in [0.15, 0.2) is 11.5 Å². The molecular formula is C33H29ClN2O4. The molecule has 0 fully saturated rings. The van der Waals surface area contributed by atoms with Crippen LogP contribution >= 0.6 is 11.6 Å². The zero-order valence-corrected chi connectivity index (χ0v) is 23.3. The van der Waals surface area contributed by atoms with Crippen LogP contribution in [0.3, 0.4) is 0 Å². The summed E-state index contributed by atoms with van der Waals surface area (Å²) in [5.41, 5.74) is 5.33. The smallest absolute Gasteiger partial charge is 0.266 e. The molecule has 0 bridgehead atoms. The standard InChI is InChI=1S/C33H29ClN2O4/c1-22-13-23(2)15-26(14-22)21-40-32-30(34)17-25(18-31(32)38-3)16-27(19-35)33(37)36-28-9-11-29(12-10-28)39-20-24-7-5-4-6-8-24/h4-18H,20-21H2,1-3H3,(H,36,37)/b27-16+. The predicted molar refractivity (Wildman–Crippen MR) is 158 cm³/mol. The fourth-order valence-corrected chi connectivity index (χ4v) is 4.43. The second-order valence-electron chi connectivity index (χ2n) is 9.24. The lowest BCUT2D eigenvalue weighted by Crippen LogP contribution is -2.13. The average molecular weight is 553 g/mol. The highest BCUT2D eigenvalue weighted by molar-refractivity contribution is 6.32. The van der Waals surface area contributed by atoms with Gasteiger partial charge >= 0.3 is 0 Å². The van der Waals surface area contributed by atoms with Crippen molar-refractivity contribution in [2.45, 2.75) is 27.1 Å². The lowest BCUT2D eigenvalue weighted by atomic mass is 10.1. The maximum Gasteiger partial charge on any atom is 0.266 e. The van der Waals surface area contributed by atoms with Crippen LogP contribution in [0.25, 0.3) is 6.08 Å². The predicted octanol–water partition coefficient (Wildman–Crippen LogP) is 7.67. The number of rotatable bonds is 10. The zero-order chi connectivity index (χ0) is 28.5. The molecule has 0 aliphatic heterocycles. The van der Waals surface area contributed by atoms with Gasteiger partial charge in [0, 0.05) is 5.69 Å². The van der Waals surface area contributed by atoms with Crippen LogP contribution < -0.4 is 19.5 Å². The number of amides is 1. The summed E-state index contributed by atoms with van der Waals surface area (Å²) >= 11 is 6.53. The summed E-state index contributed by atoms with van der Waals surface area (Å²) in [6, 6.07) is 28.2. The minimum atomic E-state index is -0.550. The van der Waals surface area contributed by atoms with Crippen molar-refractivity contribution in [2.75, 3.05) is 12.4 Å². The Hall–Kier alpha value is -4.73. The Morgan fingerprint density at radius 2 is 1.57 bits per heavy atom. The molecule has 6 nitrogen and oxygen atoms in total. The molecule has 0 aromatic heterocycles. The number of nitriles is 1. The molecule has 4 aromatic rings. The number of ether oxygens (including phenoxy) is 3. The normalized spacial score (nSPS) is 10.9. The van der Waals surface area contributed by atoms with Crippen LogP contribution in [-0.4, -0.2) is 13.0 Å². The van der Waals surface area contributed by atoms with Gasteiger partial charge in [-0.3, -0.25) is 4.79 Å². The molecule has 0 saturated heterocycles. The van der Waals surface area contributed by atoms with E-state index in [4.69, 9.17) is 25.8 Å². The first kappa shape index (κ1) is 28.3. The van der Waals surface area contributed by atoms with E-state index in [1.165, 1.54) is 13.2 Å². The first-order valence-electron chi connectivity index (χ1n) is 12.6. The molecule has 0 spiro atoms. The molecule has 0 heterocycles. The van der Waals surface area contributed by atoms with Crippen LogP contribution in [0.5, 0.6) is 17.2 Å². The molecule has 0 aliphatic carbocycles. The molecule has 0 saturated carbocycles. The van der Waals surface area contributed by atoms with E-state index in [9.17, 15) is 10.1 Å². The first-order valence-corrected chi connectivity index (χ1v) is 13.0. The molecule has 0 radical (unpaired) electrons. The summed E-state index contributed by atoms with van der Waals surface area (Å²) in [6.07, 6.45) is 1.45. The second-order valence-corrected chi connectivity index (χ2v) is 9.65. The van der Waals surface area contributed by atoms with Gasteiger partial charge in [-0.25, -0.2) is 0 Å². The van der Waals surface area contributed by atoms with E-state index < -0.39 is 5.91 Å². The molecule has 0 aliphatic rings. The maximum atomic E-state index is 12.8. The number of methoxy groups -OCH3 is 1. The van der Waals surface area contributed by atoms with Crippen molar-refractivity contribution in [3.05, 3.63) is 123 Å². The summed E-state index contributed by atoms with van der Waals surface area (Å²) in [7, 11) is 1.51. The SMILES string of the molecule is COc1cc(/C=C(\C#N)C(=O)Nc2ccc(OCc3ccccc3)cc2)cc(Cl)c1OCc1cc(C)cc(C)c1. The molecule has 1 amide bonds. The van der Waals surface area contributed by atoms with Gasteiger partial charge in [0.1, 0.15) is 30.6 Å². The molecule has 4 rings (SSSR count). The number of aryl methyl sites for hydroxylation is 2. The molecule has 202 valence electrons. The van der Waals surface area contributed by atoms with E-state index in [1.54, 1.807) is 36.4 Å². The third-order valence-electron chi connectivity index (χ3n) is 5.95. The van der Waals surface area contributed by atoms with Gasteiger partial charge in [-0.2, -0.15) is 5.26 Å². The molecule has 7 heteroatoms. The zero-order valence-electron chi connectivity index (χ0n) is 22.5. The van der Waals surface area contributed by atoms with Gasteiger partial charge in [-0.1, -0.05) is 71.3 Å². The van der Waals surface area contributed by atoms with Crippen LogP contribution in [0, 0.1) is 25.2 Å². The third-order valence-corrected chi connectivity index (χ3v) is 6.23. The van der Waals surface area contributed by atoms with Crippen LogP contribution in [0.2, 0.25) is 5.02 Å². The van der Waals surface area contributed by atoms with E-state index in [-0.39, 0.29) is 5.57 Å². The van der Waals surface area contributed by atoms with Crippen LogP contribution in [0.15, 0.2) is 90.5 Å². The lowest BCUT2D eigenvalue weighted by Gasteiger charge is -2.14. The highest BCUT2D eigenvalue weighted by atomic mass is 35.5. The van der Waals surface area contributed by atoms with Gasteiger partial charge in [0.2, 0.25) is 0 Å². The van der Waals surface area contributed by atoms with E-state index in [0.29, 0.717) is 46.7 Å². The van der Waals surface area contributed by atoms with Gasteiger partial charge in [-0.15, -0.1) is 0 Å². The number of benzene rings is 4. The van der Waals surface area contributed by atoms with Crippen LogP contribution in [0.4, 0.5) is 5.69 Å². The minimum absolute atomic E-state index is 0.0913. The molecule has 4 aromatic carbocycles. The fourth-order valence-electron chi connectivity index (χ4n) is 4.16. The summed E-state index contributed by atoms with van der Waals surface area (Å²) < 4.78 is 17.3. The van der Waals surface area contributed by atoms with Crippen molar-refractivity contribution in [1.29, 1.82) is 5.26 Å². The van der Waals surface area contributed by atoms with Crippen molar-refractivity contribution < 1.29 is 19.0 Å². The Labute approximate surface area is 239 Å². The Bertz CT molecular complexity index is 1540. The summed E-state index contributed by atoms with van der Waals surface area (Å²) in [5.74, 6) is 0.898. The summed E-state index contributed by atoms with van der Waals surface area (Å²) in [6.45, 7) is 4.82. The third kappa shape index (κ3) is 7.66. The topological polar surface area (TPSA) is 80.6 Å². The number of nitrogens with zero attached hydrogens (tertiary/aromatic N) is 1. The Balaban J connectivity index is 1.43. The van der Waals surface area contributed by atoms with Gasteiger partial charge < -0.3 is 19.5 Å². The lowest BCUT2D eigenvalue weighted by molar-refractivity contribution is -0.112. The Morgan fingerprint density at radius 3 is 2.23 bits per heavy atom. The number of carbonyl (C=O) groups excluding carboxylic acids is 1. The number of nitrogens with one attached hydrogen (secondary N) is 1. The van der Waals surface area contributed by atoms with E-state index in [1.807, 2.05) is 62.4 Å². The largest absolute Gasteiger partial charge is 0.493 e. The summed E-state index contributed by atoms with van der Waals surface area (Å²) in [5, 5.41) is 12.7. The number of anilines is 1. The van der Waals surface area contributed by atoms with Gasteiger partial charge in [-0.05, 0) is 73.0 Å². The molecule has 40 heavy (non-hydrogen) atoms. The Kier molecular flexibility index (Phi) is 9.45. The quantitative estimate of drug-likeness (QED) is 0.161. The second kappa shape index (κ2) is 13.4. The van der Waals surface area contributed by atoms with Crippen molar-refractivity contribution >= 4 is 29.3 Å². The summed E-state index contributed by atoms with van der Waals surface area (Å²) in [4.78, 5) is 12.8. The van der Waals surface area contributed by atoms with Crippen molar-refractivity contribution in [3.63, 3.8) is 0 Å². The molecule has 0 unspecified atom stereocenters. The fraction of sp³-hybridized carbons (Fsp3) is 0.152. The molecule has 0 atom stereocenters.